The summed E-state index contributed by atoms with van der Waals surface area (Å²) in [7, 11) is 1.55. The van der Waals surface area contributed by atoms with E-state index in [0.29, 0.717) is 23.9 Å². The summed E-state index contributed by atoms with van der Waals surface area (Å²) in [5.41, 5.74) is 6.32. The van der Waals surface area contributed by atoms with E-state index in [1.807, 2.05) is 4.90 Å². The van der Waals surface area contributed by atoms with Gasteiger partial charge in [0.05, 0.1) is 36.4 Å². The largest absolute Gasteiger partial charge is 0.341 e. The van der Waals surface area contributed by atoms with E-state index in [4.69, 9.17) is 5.73 Å². The van der Waals surface area contributed by atoms with Gasteiger partial charge in [0.1, 0.15) is 0 Å². The van der Waals surface area contributed by atoms with Gasteiger partial charge in [0.2, 0.25) is 5.95 Å². The molecule has 0 radical (unpaired) electrons. The Labute approximate surface area is 206 Å². The van der Waals surface area contributed by atoms with Crippen molar-refractivity contribution in [2.24, 2.45) is 12.8 Å². The number of para-hydroxylation sites is 2. The molecule has 0 saturated carbocycles. The Hall–Kier alpha value is -4.05. The van der Waals surface area contributed by atoms with E-state index in [2.05, 4.69) is 16.8 Å². The Morgan fingerprint density at radius 3 is 2.64 bits per heavy atom. The molecule has 4 heterocycles. The molecule has 5 rings (SSSR count). The minimum Gasteiger partial charge on any atom is -0.341 e. The number of nitrogens with two attached hydrogens (primary N) is 1. The van der Waals surface area contributed by atoms with Gasteiger partial charge in [-0.15, -0.1) is 5.92 Å². The average molecular weight is 493 g/mol. The van der Waals surface area contributed by atoms with Crippen molar-refractivity contribution in [3.63, 3.8) is 0 Å². The van der Waals surface area contributed by atoms with Crippen molar-refractivity contribution < 1.29 is 10.4 Å². The summed E-state index contributed by atoms with van der Waals surface area (Å²) in [6, 6.07) is 6.66. The highest BCUT2D eigenvalue weighted by Gasteiger charge is 2.28. The third kappa shape index (κ3) is 3.83. The highest BCUT2D eigenvalue weighted by Crippen LogP contribution is 2.34. The van der Waals surface area contributed by atoms with Crippen LogP contribution in [0.2, 0.25) is 0 Å². The summed E-state index contributed by atoms with van der Waals surface area (Å²) >= 11 is 0. The lowest BCUT2D eigenvalue weighted by atomic mass is 10.1. The van der Waals surface area contributed by atoms with Crippen LogP contribution in [0.4, 0.5) is 17.3 Å². The Balaban J connectivity index is 1.65. The van der Waals surface area contributed by atoms with Crippen molar-refractivity contribution in [3.8, 4) is 11.8 Å². The fourth-order valence-corrected chi connectivity index (χ4v) is 4.77. The summed E-state index contributed by atoms with van der Waals surface area (Å²) in [6.45, 7) is 2.97. The molecule has 12 heteroatoms. The first-order chi connectivity index (χ1) is 17.3. The van der Waals surface area contributed by atoms with Gasteiger partial charge in [-0.2, -0.15) is 4.98 Å². The molecule has 12 nitrogen and oxygen atoms in total. The molecule has 0 unspecified atom stereocenters. The smallest absolute Gasteiger partial charge is 0.332 e. The molecule has 2 aliphatic rings. The van der Waals surface area contributed by atoms with Crippen molar-refractivity contribution in [1.82, 2.24) is 18.7 Å². The molecule has 3 aromatic rings. The van der Waals surface area contributed by atoms with E-state index >= 15 is 0 Å². The molecule has 1 atom stereocenters. The van der Waals surface area contributed by atoms with Crippen LogP contribution in [-0.4, -0.2) is 48.2 Å². The molecule has 2 aliphatic heterocycles. The average Bonchev–Trinajstić information content (AvgIpc) is 3.26. The first-order valence-corrected chi connectivity index (χ1v) is 11.7. The molecule has 2 aromatic heterocycles. The second-order valence-electron chi connectivity index (χ2n) is 8.94. The van der Waals surface area contributed by atoms with Gasteiger partial charge in [0, 0.05) is 26.2 Å². The van der Waals surface area contributed by atoms with Crippen LogP contribution < -0.4 is 32.0 Å². The SMILES string of the molecule is CC#CCn1c(N2CCC[C@@H](N)C2)nc2c1c(=O)n(CC1=CN(O)c3ccccc3N1O)c(=O)n2C. The molecule has 0 spiro atoms. The molecule has 0 amide bonds. The Morgan fingerprint density at radius 2 is 1.92 bits per heavy atom. The lowest BCUT2D eigenvalue weighted by Crippen LogP contribution is -2.44. The summed E-state index contributed by atoms with van der Waals surface area (Å²) in [5, 5.41) is 22.9. The van der Waals surface area contributed by atoms with Crippen molar-refractivity contribution in [2.75, 3.05) is 28.1 Å². The second-order valence-corrected chi connectivity index (χ2v) is 8.94. The summed E-state index contributed by atoms with van der Waals surface area (Å²) in [5.74, 6) is 6.40. The van der Waals surface area contributed by atoms with Gasteiger partial charge in [-0.05, 0) is 31.9 Å². The van der Waals surface area contributed by atoms with Gasteiger partial charge in [0.15, 0.2) is 11.2 Å². The van der Waals surface area contributed by atoms with Gasteiger partial charge >= 0.3 is 5.69 Å². The molecule has 1 aromatic carbocycles. The zero-order chi connectivity index (χ0) is 25.6. The number of hydroxylamine groups is 2. The van der Waals surface area contributed by atoms with Crippen molar-refractivity contribution in [1.29, 1.82) is 0 Å². The van der Waals surface area contributed by atoms with Crippen LogP contribution in [0.5, 0.6) is 0 Å². The van der Waals surface area contributed by atoms with E-state index in [0.717, 1.165) is 34.1 Å². The monoisotopic (exact) mass is 492 g/mol. The third-order valence-corrected chi connectivity index (χ3v) is 6.59. The number of anilines is 3. The van der Waals surface area contributed by atoms with Crippen LogP contribution in [0.25, 0.3) is 11.2 Å². The molecule has 36 heavy (non-hydrogen) atoms. The molecule has 0 aliphatic carbocycles. The van der Waals surface area contributed by atoms with Crippen LogP contribution in [0.15, 0.2) is 45.8 Å². The molecular weight excluding hydrogens is 464 g/mol. The third-order valence-electron chi connectivity index (χ3n) is 6.59. The molecule has 188 valence electrons. The van der Waals surface area contributed by atoms with Crippen LogP contribution in [-0.2, 0) is 20.1 Å². The van der Waals surface area contributed by atoms with E-state index in [1.165, 1.54) is 10.8 Å². The molecule has 0 bridgehead atoms. The quantitative estimate of drug-likeness (QED) is 0.451. The number of aryl methyl sites for hydroxylation is 1. The number of rotatable bonds is 4. The van der Waals surface area contributed by atoms with E-state index in [-0.39, 0.29) is 36.0 Å². The highest BCUT2D eigenvalue weighted by molar-refractivity contribution is 5.76. The van der Waals surface area contributed by atoms with Crippen LogP contribution in [0.1, 0.15) is 19.8 Å². The Morgan fingerprint density at radius 1 is 1.17 bits per heavy atom. The molecular formula is C24H28N8O4. The Kier molecular flexibility index (Phi) is 6.05. The maximum Gasteiger partial charge on any atom is 0.332 e. The number of piperidine rings is 1. The second kappa shape index (κ2) is 9.19. The van der Waals surface area contributed by atoms with Crippen LogP contribution in [0.3, 0.4) is 0 Å². The fraction of sp³-hybridized carbons (Fsp3) is 0.375. The number of nitrogens with zero attached hydrogens (tertiary/aromatic N) is 7. The minimum absolute atomic E-state index is 0.0113. The maximum atomic E-state index is 13.7. The highest BCUT2D eigenvalue weighted by atomic mass is 16.5. The van der Waals surface area contributed by atoms with Gasteiger partial charge < -0.3 is 10.6 Å². The van der Waals surface area contributed by atoms with Crippen LogP contribution >= 0.6 is 0 Å². The molecule has 4 N–H and O–H groups in total. The van der Waals surface area contributed by atoms with Crippen molar-refractivity contribution in [2.45, 2.75) is 38.9 Å². The standard InChI is InChI=1S/C24H28N8O4/c1-3-4-12-29-20-21(26-23(29)28-11-7-8-16(25)13-28)27(2)24(34)30(22(20)33)14-17-15-31(35)18-9-5-6-10-19(18)32(17)36/h5-6,9-10,15-16,35-36H,7-8,11-14,25H2,1-2H3/t16-/m1/s1. The number of hydrogen-bond acceptors (Lipinski definition) is 9. The number of fused-ring (bicyclic) bond motifs is 2. The van der Waals surface area contributed by atoms with Crippen molar-refractivity contribution in [3.05, 3.63) is 57.0 Å². The number of imidazole rings is 1. The van der Waals surface area contributed by atoms with E-state index in [9.17, 15) is 20.0 Å². The lowest BCUT2D eigenvalue weighted by Gasteiger charge is -2.31. The van der Waals surface area contributed by atoms with Gasteiger partial charge in [-0.3, -0.25) is 28.9 Å². The van der Waals surface area contributed by atoms with E-state index < -0.39 is 11.2 Å². The predicted octanol–water partition coefficient (Wildman–Crippen LogP) is 0.794. The zero-order valence-electron chi connectivity index (χ0n) is 20.1. The number of allylic oxidation sites excluding steroid dienone is 1. The molecule has 1 saturated heterocycles. The maximum absolute atomic E-state index is 13.7. The number of hydrogen-bond donors (Lipinski definition) is 3. The topological polar surface area (TPSA) is 138 Å². The first-order valence-electron chi connectivity index (χ1n) is 11.7. The lowest BCUT2D eigenvalue weighted by molar-refractivity contribution is 0.251. The molecule has 1 fully saturated rings. The number of aromatic nitrogens is 4. The van der Waals surface area contributed by atoms with Crippen molar-refractivity contribution >= 4 is 28.5 Å². The first kappa shape index (κ1) is 23.7. The summed E-state index contributed by atoms with van der Waals surface area (Å²) < 4.78 is 4.06. The minimum atomic E-state index is -0.599. The van der Waals surface area contributed by atoms with Gasteiger partial charge in [-0.1, -0.05) is 18.1 Å². The summed E-state index contributed by atoms with van der Waals surface area (Å²) in [4.78, 5) is 33.7. The fourth-order valence-electron chi connectivity index (χ4n) is 4.77. The predicted molar refractivity (Wildman–Crippen MR) is 135 cm³/mol. The Bertz CT molecular complexity index is 1540. The normalized spacial score (nSPS) is 17.6. The summed E-state index contributed by atoms with van der Waals surface area (Å²) in [6.07, 6.45) is 3.07. The number of benzene rings is 1. The van der Waals surface area contributed by atoms with E-state index in [1.54, 1.807) is 42.8 Å². The van der Waals surface area contributed by atoms with Crippen LogP contribution in [0, 0.1) is 11.8 Å². The zero-order valence-corrected chi connectivity index (χ0v) is 20.1. The van der Waals surface area contributed by atoms with Gasteiger partial charge in [0.25, 0.3) is 5.56 Å². The van der Waals surface area contributed by atoms with Gasteiger partial charge in [-0.25, -0.2) is 14.9 Å².